The highest BCUT2D eigenvalue weighted by molar-refractivity contribution is 5.83. The molecule has 0 atom stereocenters. The molecule has 0 unspecified atom stereocenters. The first-order valence-electron chi connectivity index (χ1n) is 5.79. The molecule has 110 valence electrons. The molecule has 0 radical (unpaired) electrons. The minimum absolute atomic E-state index is 0.0953. The Bertz CT molecular complexity index is 520. The van der Waals surface area contributed by atoms with Crippen LogP contribution in [0.3, 0.4) is 0 Å². The Morgan fingerprint density at radius 1 is 1.30 bits per heavy atom. The summed E-state index contributed by atoms with van der Waals surface area (Å²) in [7, 11) is 0. The average Bonchev–Trinajstić information content (AvgIpc) is 2.86. The Morgan fingerprint density at radius 3 is 2.40 bits per heavy atom. The summed E-state index contributed by atoms with van der Waals surface area (Å²) in [5.74, 6) is -3.38. The van der Waals surface area contributed by atoms with E-state index in [1.54, 1.807) is 0 Å². The SMILES string of the molecule is O=C(O)c1ncnn1C1CCN(C(=O)C(F)(F)F)CC1. The predicted octanol–water partition coefficient (Wildman–Crippen LogP) is 0.702. The first-order chi connectivity index (χ1) is 9.30. The fourth-order valence-corrected chi connectivity index (χ4v) is 2.16. The third kappa shape index (κ3) is 2.73. The van der Waals surface area contributed by atoms with Crippen molar-refractivity contribution in [3.8, 4) is 0 Å². The number of piperidine rings is 1. The third-order valence-electron chi connectivity index (χ3n) is 3.10. The van der Waals surface area contributed by atoms with Crippen LogP contribution in [0.25, 0.3) is 0 Å². The summed E-state index contributed by atoms with van der Waals surface area (Å²) in [6.07, 6.45) is -3.40. The number of halogens is 3. The molecule has 2 rings (SSSR count). The van der Waals surface area contributed by atoms with Gasteiger partial charge in [0.25, 0.3) is 0 Å². The van der Waals surface area contributed by atoms with Crippen LogP contribution in [0, 0.1) is 0 Å². The normalized spacial score (nSPS) is 17.2. The van der Waals surface area contributed by atoms with Crippen molar-refractivity contribution in [2.45, 2.75) is 25.1 Å². The van der Waals surface area contributed by atoms with Gasteiger partial charge >= 0.3 is 18.1 Å². The van der Waals surface area contributed by atoms with Gasteiger partial charge in [-0.2, -0.15) is 18.3 Å². The van der Waals surface area contributed by atoms with Crippen molar-refractivity contribution in [3.05, 3.63) is 12.2 Å². The monoisotopic (exact) mass is 292 g/mol. The fraction of sp³-hybridized carbons (Fsp3) is 0.600. The van der Waals surface area contributed by atoms with E-state index in [2.05, 4.69) is 10.1 Å². The van der Waals surface area contributed by atoms with Gasteiger partial charge in [-0.1, -0.05) is 0 Å². The number of carboxylic acid groups (broad SMARTS) is 1. The van der Waals surface area contributed by atoms with Gasteiger partial charge in [-0.3, -0.25) is 4.79 Å². The Hall–Kier alpha value is -2.13. The van der Waals surface area contributed by atoms with E-state index in [1.165, 1.54) is 4.68 Å². The molecule has 0 aromatic carbocycles. The number of carbonyl (C=O) groups is 2. The van der Waals surface area contributed by atoms with Crippen LogP contribution in [0.2, 0.25) is 0 Å². The lowest BCUT2D eigenvalue weighted by molar-refractivity contribution is -0.186. The summed E-state index contributed by atoms with van der Waals surface area (Å²) in [5, 5.41) is 12.7. The summed E-state index contributed by atoms with van der Waals surface area (Å²) < 4.78 is 38.0. The van der Waals surface area contributed by atoms with Gasteiger partial charge in [-0.05, 0) is 12.8 Å². The average molecular weight is 292 g/mol. The zero-order valence-corrected chi connectivity index (χ0v) is 10.2. The second kappa shape index (κ2) is 5.10. The molecule has 1 saturated heterocycles. The van der Waals surface area contributed by atoms with E-state index in [0.717, 1.165) is 6.33 Å². The van der Waals surface area contributed by atoms with Crippen LogP contribution in [0.1, 0.15) is 29.5 Å². The number of hydrogen-bond donors (Lipinski definition) is 1. The molecule has 1 fully saturated rings. The smallest absolute Gasteiger partial charge is 0.471 e. The summed E-state index contributed by atoms with van der Waals surface area (Å²) in [6, 6.07) is -0.374. The molecule has 1 N–H and O–H groups in total. The number of hydrogen-bond acceptors (Lipinski definition) is 4. The van der Waals surface area contributed by atoms with Crippen molar-refractivity contribution in [3.63, 3.8) is 0 Å². The maximum Gasteiger partial charge on any atom is 0.471 e. The summed E-state index contributed by atoms with van der Waals surface area (Å²) in [5.41, 5.74) is 0. The third-order valence-corrected chi connectivity index (χ3v) is 3.10. The molecule has 1 aromatic heterocycles. The number of aromatic nitrogens is 3. The summed E-state index contributed by atoms with van der Waals surface area (Å²) >= 11 is 0. The van der Waals surface area contributed by atoms with Crippen molar-refractivity contribution in [1.82, 2.24) is 19.7 Å². The van der Waals surface area contributed by atoms with Gasteiger partial charge in [0.05, 0.1) is 6.04 Å². The van der Waals surface area contributed by atoms with Crippen molar-refractivity contribution in [1.29, 1.82) is 0 Å². The van der Waals surface area contributed by atoms with Gasteiger partial charge in [0.2, 0.25) is 5.82 Å². The first kappa shape index (κ1) is 14.3. The second-order valence-electron chi connectivity index (χ2n) is 4.35. The number of carbonyl (C=O) groups excluding carboxylic acids is 1. The van der Waals surface area contributed by atoms with Gasteiger partial charge < -0.3 is 10.0 Å². The van der Waals surface area contributed by atoms with Crippen LogP contribution >= 0.6 is 0 Å². The fourth-order valence-electron chi connectivity index (χ4n) is 2.16. The minimum Gasteiger partial charge on any atom is -0.475 e. The van der Waals surface area contributed by atoms with E-state index in [1.807, 2.05) is 0 Å². The number of amides is 1. The van der Waals surface area contributed by atoms with Gasteiger partial charge in [-0.15, -0.1) is 0 Å². The van der Waals surface area contributed by atoms with Gasteiger partial charge in [-0.25, -0.2) is 14.5 Å². The van der Waals surface area contributed by atoms with E-state index >= 15 is 0 Å². The highest BCUT2D eigenvalue weighted by Crippen LogP contribution is 2.26. The maximum absolute atomic E-state index is 12.3. The number of likely N-dealkylation sites (tertiary alicyclic amines) is 1. The molecule has 0 bridgehead atoms. The number of aromatic carboxylic acids is 1. The van der Waals surface area contributed by atoms with Crippen molar-refractivity contribution in [2.24, 2.45) is 0 Å². The highest BCUT2D eigenvalue weighted by atomic mass is 19.4. The molecule has 10 heteroatoms. The molecular weight excluding hydrogens is 281 g/mol. The lowest BCUT2D eigenvalue weighted by Gasteiger charge is -2.32. The zero-order chi connectivity index (χ0) is 14.9. The van der Waals surface area contributed by atoms with Crippen LogP contribution in [0.4, 0.5) is 13.2 Å². The molecule has 2 heterocycles. The van der Waals surface area contributed by atoms with Crippen LogP contribution in [0.15, 0.2) is 6.33 Å². The lowest BCUT2D eigenvalue weighted by atomic mass is 10.1. The van der Waals surface area contributed by atoms with E-state index in [4.69, 9.17) is 5.11 Å². The zero-order valence-electron chi connectivity index (χ0n) is 10.2. The van der Waals surface area contributed by atoms with Crippen LogP contribution < -0.4 is 0 Å². The number of carboxylic acids is 1. The molecule has 0 saturated carbocycles. The molecular formula is C10H11F3N4O3. The quantitative estimate of drug-likeness (QED) is 0.867. The first-order valence-corrected chi connectivity index (χ1v) is 5.79. The maximum atomic E-state index is 12.3. The summed E-state index contributed by atoms with van der Waals surface area (Å²) in [4.78, 5) is 26.2. The molecule has 1 aliphatic rings. The molecule has 7 nitrogen and oxygen atoms in total. The van der Waals surface area contributed by atoms with Gasteiger partial charge in [0, 0.05) is 13.1 Å². The number of alkyl halides is 3. The number of rotatable bonds is 2. The molecule has 20 heavy (non-hydrogen) atoms. The Labute approximate surface area is 111 Å². The van der Waals surface area contributed by atoms with E-state index in [0.29, 0.717) is 4.90 Å². The molecule has 0 aliphatic carbocycles. The van der Waals surface area contributed by atoms with E-state index in [-0.39, 0.29) is 37.8 Å². The topological polar surface area (TPSA) is 88.3 Å². The molecule has 0 spiro atoms. The lowest BCUT2D eigenvalue weighted by Crippen LogP contribution is -2.45. The second-order valence-corrected chi connectivity index (χ2v) is 4.35. The Kier molecular flexibility index (Phi) is 3.64. The largest absolute Gasteiger partial charge is 0.475 e. The van der Waals surface area contributed by atoms with Crippen LogP contribution in [0.5, 0.6) is 0 Å². The predicted molar refractivity (Wildman–Crippen MR) is 57.9 cm³/mol. The highest BCUT2D eigenvalue weighted by Gasteiger charge is 2.43. The van der Waals surface area contributed by atoms with Crippen molar-refractivity contribution >= 4 is 11.9 Å². The van der Waals surface area contributed by atoms with Crippen LogP contribution in [-0.4, -0.2) is 55.9 Å². The van der Waals surface area contributed by atoms with Gasteiger partial charge in [0.15, 0.2) is 0 Å². The van der Waals surface area contributed by atoms with Gasteiger partial charge in [0.1, 0.15) is 6.33 Å². The standard InChI is InChI=1S/C10H11F3N4O3/c11-10(12,13)9(20)16-3-1-6(2-4-16)17-7(8(18)19)14-5-15-17/h5-6H,1-4H2,(H,18,19). The van der Waals surface area contributed by atoms with Crippen molar-refractivity contribution < 1.29 is 27.9 Å². The number of nitrogens with zero attached hydrogens (tertiary/aromatic N) is 4. The van der Waals surface area contributed by atoms with Crippen molar-refractivity contribution in [2.75, 3.05) is 13.1 Å². The minimum atomic E-state index is -4.88. The van der Waals surface area contributed by atoms with E-state index < -0.39 is 18.1 Å². The van der Waals surface area contributed by atoms with E-state index in [9.17, 15) is 22.8 Å². The Balaban J connectivity index is 2.03. The molecule has 1 amide bonds. The summed E-state index contributed by atoms with van der Waals surface area (Å²) in [6.45, 7) is -0.191. The molecule has 1 aliphatic heterocycles. The Morgan fingerprint density at radius 2 is 1.90 bits per heavy atom. The molecule has 1 aromatic rings. The van der Waals surface area contributed by atoms with Crippen LogP contribution in [-0.2, 0) is 4.79 Å².